The molecule has 0 unspecified atom stereocenters. The van der Waals surface area contributed by atoms with E-state index < -0.39 is 30.1 Å². The van der Waals surface area contributed by atoms with Crippen molar-refractivity contribution in [1.29, 1.82) is 0 Å². The monoisotopic (exact) mass is 352 g/mol. The third kappa shape index (κ3) is 3.68. The Labute approximate surface area is 147 Å². The molecule has 24 heavy (non-hydrogen) atoms. The van der Waals surface area contributed by atoms with Crippen molar-refractivity contribution >= 4 is 31.8 Å². The van der Waals surface area contributed by atoms with Crippen LogP contribution in [0.2, 0.25) is 0 Å². The number of thiol groups is 1. The number of methoxy groups -OCH3 is 1. The molecular weight excluding hydrogens is 330 g/mol. The van der Waals surface area contributed by atoms with Crippen LogP contribution in [0, 0.1) is 5.82 Å². The molecule has 0 aliphatic carbocycles. The molecule has 1 aliphatic heterocycles. The molecule has 1 aliphatic rings. The van der Waals surface area contributed by atoms with Crippen LogP contribution in [0.1, 0.15) is 43.6 Å². The van der Waals surface area contributed by atoms with Gasteiger partial charge in [-0.25, -0.2) is 9.18 Å². The lowest BCUT2D eigenvalue weighted by Gasteiger charge is -2.32. The first-order valence-electron chi connectivity index (χ1n) is 7.66. The van der Waals surface area contributed by atoms with Gasteiger partial charge in [0.15, 0.2) is 0 Å². The fourth-order valence-electron chi connectivity index (χ4n) is 2.30. The molecule has 0 amide bonds. The average molecular weight is 352 g/mol. The highest BCUT2D eigenvalue weighted by Gasteiger charge is 2.52. The lowest BCUT2D eigenvalue weighted by Crippen LogP contribution is -2.41. The van der Waals surface area contributed by atoms with Crippen molar-refractivity contribution in [2.75, 3.05) is 12.9 Å². The van der Waals surface area contributed by atoms with E-state index in [2.05, 4.69) is 17.4 Å². The molecule has 2 rings (SSSR count). The summed E-state index contributed by atoms with van der Waals surface area (Å²) in [6.45, 7) is 7.87. The maximum atomic E-state index is 13.7. The molecule has 1 heterocycles. The van der Waals surface area contributed by atoms with E-state index in [0.29, 0.717) is 11.3 Å². The van der Waals surface area contributed by atoms with Crippen molar-refractivity contribution in [1.82, 2.24) is 0 Å². The van der Waals surface area contributed by atoms with E-state index in [1.807, 2.05) is 27.7 Å². The molecule has 0 radical (unpaired) electrons. The number of hydrogen-bond donors (Lipinski definition) is 1. The third-order valence-electron chi connectivity index (χ3n) is 4.49. The van der Waals surface area contributed by atoms with E-state index in [1.54, 1.807) is 12.1 Å². The topological polar surface area (TPSA) is 44.8 Å². The standard InChI is InChI=1S/C17H22BFO4S/c1-16(2)17(3,4)23-18(22-16)12(10-24)8-11-6-7-14(19)13(9-11)15(20)21-5/h6-9,24H,10H2,1-5H3. The molecule has 0 aromatic heterocycles. The SMILES string of the molecule is COC(=O)c1cc(C=C(CS)B2OC(C)(C)C(C)(C)O2)ccc1F. The Morgan fingerprint density at radius 1 is 1.29 bits per heavy atom. The van der Waals surface area contributed by atoms with Gasteiger partial charge in [-0.1, -0.05) is 12.1 Å². The van der Waals surface area contributed by atoms with Gasteiger partial charge in [-0.05, 0) is 50.9 Å². The number of esters is 1. The maximum Gasteiger partial charge on any atom is 0.491 e. The van der Waals surface area contributed by atoms with Crippen molar-refractivity contribution in [3.63, 3.8) is 0 Å². The van der Waals surface area contributed by atoms with Gasteiger partial charge < -0.3 is 14.0 Å². The van der Waals surface area contributed by atoms with Gasteiger partial charge >= 0.3 is 13.1 Å². The molecule has 1 fully saturated rings. The summed E-state index contributed by atoms with van der Waals surface area (Å²) in [5.74, 6) is -0.935. The van der Waals surface area contributed by atoms with Crippen LogP contribution in [0.15, 0.2) is 23.7 Å². The van der Waals surface area contributed by atoms with Crippen LogP contribution in [-0.2, 0) is 14.0 Å². The molecule has 0 spiro atoms. The van der Waals surface area contributed by atoms with Crippen LogP contribution in [0.5, 0.6) is 0 Å². The second-order valence-corrected chi connectivity index (χ2v) is 7.01. The van der Waals surface area contributed by atoms with Crippen molar-refractivity contribution < 1.29 is 23.2 Å². The smallest absolute Gasteiger partial charge is 0.465 e. The van der Waals surface area contributed by atoms with E-state index in [-0.39, 0.29) is 5.56 Å². The van der Waals surface area contributed by atoms with Crippen LogP contribution < -0.4 is 0 Å². The zero-order valence-corrected chi connectivity index (χ0v) is 15.4. The van der Waals surface area contributed by atoms with Crippen LogP contribution in [0.4, 0.5) is 4.39 Å². The second-order valence-electron chi connectivity index (χ2n) is 6.70. The third-order valence-corrected chi connectivity index (χ3v) is 4.85. The molecule has 0 saturated carbocycles. The van der Waals surface area contributed by atoms with Gasteiger partial charge in [0.2, 0.25) is 0 Å². The number of halogens is 1. The minimum Gasteiger partial charge on any atom is -0.465 e. The maximum absolute atomic E-state index is 13.7. The van der Waals surface area contributed by atoms with Crippen molar-refractivity contribution in [3.8, 4) is 0 Å². The first-order chi connectivity index (χ1) is 11.1. The lowest BCUT2D eigenvalue weighted by molar-refractivity contribution is 0.00578. The molecule has 4 nitrogen and oxygen atoms in total. The first-order valence-corrected chi connectivity index (χ1v) is 8.29. The van der Waals surface area contributed by atoms with Gasteiger partial charge in [-0.15, -0.1) is 0 Å². The Kier molecular flexibility index (Phi) is 5.47. The highest BCUT2D eigenvalue weighted by molar-refractivity contribution is 7.80. The van der Waals surface area contributed by atoms with Gasteiger partial charge in [0.25, 0.3) is 0 Å². The van der Waals surface area contributed by atoms with Gasteiger partial charge in [0.05, 0.1) is 23.9 Å². The number of hydrogen-bond acceptors (Lipinski definition) is 5. The van der Waals surface area contributed by atoms with Gasteiger partial charge in [0, 0.05) is 5.75 Å². The summed E-state index contributed by atoms with van der Waals surface area (Å²) in [6, 6.07) is 4.25. The molecule has 1 aromatic rings. The van der Waals surface area contributed by atoms with E-state index >= 15 is 0 Å². The van der Waals surface area contributed by atoms with Crippen molar-refractivity contribution in [2.45, 2.75) is 38.9 Å². The summed E-state index contributed by atoms with van der Waals surface area (Å²) in [5, 5.41) is 0. The summed E-state index contributed by atoms with van der Waals surface area (Å²) in [6.07, 6.45) is 1.79. The fourth-order valence-corrected chi connectivity index (χ4v) is 2.54. The quantitative estimate of drug-likeness (QED) is 0.511. The van der Waals surface area contributed by atoms with E-state index in [9.17, 15) is 9.18 Å². The van der Waals surface area contributed by atoms with Gasteiger partial charge in [-0.3, -0.25) is 0 Å². The summed E-state index contributed by atoms with van der Waals surface area (Å²) < 4.78 is 30.4. The largest absolute Gasteiger partial charge is 0.491 e. The normalized spacial score (nSPS) is 19.5. The zero-order chi connectivity index (χ0) is 18.1. The molecular formula is C17H22BFO4S. The summed E-state index contributed by atoms with van der Waals surface area (Å²) in [4.78, 5) is 11.6. The summed E-state index contributed by atoms with van der Waals surface area (Å²) in [5.41, 5.74) is 0.410. The Morgan fingerprint density at radius 2 is 1.88 bits per heavy atom. The van der Waals surface area contributed by atoms with E-state index in [1.165, 1.54) is 19.2 Å². The molecule has 0 N–H and O–H groups in total. The highest BCUT2D eigenvalue weighted by atomic mass is 32.1. The highest BCUT2D eigenvalue weighted by Crippen LogP contribution is 2.39. The molecule has 0 atom stereocenters. The Balaban J connectivity index is 2.34. The van der Waals surface area contributed by atoms with Gasteiger partial charge in [0.1, 0.15) is 5.82 Å². The van der Waals surface area contributed by atoms with Gasteiger partial charge in [-0.2, -0.15) is 12.6 Å². The first kappa shape index (κ1) is 19.0. The van der Waals surface area contributed by atoms with Crippen LogP contribution in [0.25, 0.3) is 6.08 Å². The van der Waals surface area contributed by atoms with Crippen LogP contribution >= 0.6 is 12.6 Å². The average Bonchev–Trinajstić information content (AvgIpc) is 2.73. The Hall–Kier alpha value is -1.31. The Morgan fingerprint density at radius 3 is 2.38 bits per heavy atom. The Bertz CT molecular complexity index is 657. The van der Waals surface area contributed by atoms with E-state index in [4.69, 9.17) is 9.31 Å². The summed E-state index contributed by atoms with van der Waals surface area (Å²) in [7, 11) is 0.674. The predicted molar refractivity (Wildman–Crippen MR) is 95.7 cm³/mol. The lowest BCUT2D eigenvalue weighted by atomic mass is 9.78. The molecule has 1 saturated heterocycles. The fraction of sp³-hybridized carbons (Fsp3) is 0.471. The summed E-state index contributed by atoms with van der Waals surface area (Å²) >= 11 is 4.35. The number of benzene rings is 1. The van der Waals surface area contributed by atoms with Crippen molar-refractivity contribution in [2.24, 2.45) is 0 Å². The van der Waals surface area contributed by atoms with Crippen molar-refractivity contribution in [3.05, 3.63) is 40.6 Å². The van der Waals surface area contributed by atoms with Crippen LogP contribution in [0.3, 0.4) is 0 Å². The van der Waals surface area contributed by atoms with E-state index in [0.717, 1.165) is 5.47 Å². The number of ether oxygens (including phenoxy) is 1. The van der Waals surface area contributed by atoms with Crippen LogP contribution in [-0.4, -0.2) is 37.2 Å². The molecule has 0 bridgehead atoms. The zero-order valence-electron chi connectivity index (χ0n) is 14.6. The predicted octanol–water partition coefficient (Wildman–Crippen LogP) is 3.56. The molecule has 7 heteroatoms. The molecule has 130 valence electrons. The number of rotatable bonds is 4. The number of carbonyl (C=O) groups excluding carboxylic acids is 1. The molecule has 1 aromatic carbocycles. The minimum atomic E-state index is -0.717. The second kappa shape index (κ2) is 6.90. The number of carbonyl (C=O) groups is 1. The minimum absolute atomic E-state index is 0.112.